The van der Waals surface area contributed by atoms with E-state index < -0.39 is 15.9 Å². The summed E-state index contributed by atoms with van der Waals surface area (Å²) in [6.45, 7) is 1.88. The Kier molecular flexibility index (Phi) is 5.48. The molecule has 3 aromatic rings. The minimum absolute atomic E-state index is 0.130. The molecule has 0 spiro atoms. The largest absolute Gasteiger partial charge is 0.322 e. The number of hydrogen-bond donors (Lipinski definition) is 2. The fourth-order valence-corrected chi connectivity index (χ4v) is 3.75. The quantitative estimate of drug-likeness (QED) is 0.651. The molecule has 0 saturated heterocycles. The van der Waals surface area contributed by atoms with Crippen molar-refractivity contribution >= 4 is 38.9 Å². The molecule has 0 aliphatic heterocycles. The Balaban J connectivity index is 1.86. The van der Waals surface area contributed by atoms with Gasteiger partial charge in [-0.25, -0.2) is 8.42 Å². The second kappa shape index (κ2) is 7.82. The van der Waals surface area contributed by atoms with Crippen molar-refractivity contribution in [2.75, 3.05) is 10.0 Å². The van der Waals surface area contributed by atoms with Crippen LogP contribution >= 0.6 is 11.6 Å². The van der Waals surface area contributed by atoms with E-state index in [1.807, 2.05) is 25.1 Å². The summed E-state index contributed by atoms with van der Waals surface area (Å²) >= 11 is 6.15. The zero-order chi connectivity index (χ0) is 19.4. The highest BCUT2D eigenvalue weighted by Crippen LogP contribution is 2.24. The standard InChI is InChI=1S/C20H17ClN2O3S/c1-14-7-5-6-10-19(14)22-20(24)17-13-15(11-12-18(17)21)23-27(25,26)16-8-3-2-4-9-16/h2-13,23H,1H3,(H,22,24). The Morgan fingerprint density at radius 2 is 1.59 bits per heavy atom. The number of hydrogen-bond acceptors (Lipinski definition) is 3. The van der Waals surface area contributed by atoms with Gasteiger partial charge >= 0.3 is 0 Å². The van der Waals surface area contributed by atoms with Gasteiger partial charge in [0.05, 0.1) is 15.5 Å². The van der Waals surface area contributed by atoms with Crippen LogP contribution in [-0.4, -0.2) is 14.3 Å². The summed E-state index contributed by atoms with van der Waals surface area (Å²) in [5.41, 5.74) is 1.99. The molecule has 2 N–H and O–H groups in total. The highest BCUT2D eigenvalue weighted by molar-refractivity contribution is 7.92. The fraction of sp³-hybridized carbons (Fsp3) is 0.0500. The van der Waals surface area contributed by atoms with Crippen molar-refractivity contribution in [3.8, 4) is 0 Å². The van der Waals surface area contributed by atoms with Gasteiger partial charge in [0.1, 0.15) is 0 Å². The summed E-state index contributed by atoms with van der Waals surface area (Å²) in [5, 5.41) is 3.01. The van der Waals surface area contributed by atoms with Crippen molar-refractivity contribution in [3.05, 3.63) is 88.9 Å². The number of sulfonamides is 1. The first kappa shape index (κ1) is 18.9. The van der Waals surface area contributed by atoms with Gasteiger partial charge in [-0.05, 0) is 48.9 Å². The van der Waals surface area contributed by atoms with Crippen molar-refractivity contribution in [1.29, 1.82) is 0 Å². The van der Waals surface area contributed by atoms with E-state index in [1.165, 1.54) is 30.3 Å². The average molecular weight is 401 g/mol. The summed E-state index contributed by atoms with van der Waals surface area (Å²) in [5.74, 6) is -0.421. The van der Waals surface area contributed by atoms with Crippen LogP contribution in [0.3, 0.4) is 0 Å². The minimum atomic E-state index is -3.76. The van der Waals surface area contributed by atoms with Crippen LogP contribution in [-0.2, 0) is 10.0 Å². The van der Waals surface area contributed by atoms with Gasteiger partial charge in [-0.2, -0.15) is 0 Å². The number of carbonyl (C=O) groups is 1. The molecule has 0 aromatic heterocycles. The van der Waals surface area contributed by atoms with Gasteiger partial charge in [0, 0.05) is 11.4 Å². The smallest absolute Gasteiger partial charge is 0.261 e. The summed E-state index contributed by atoms with van der Waals surface area (Å²) in [4.78, 5) is 12.7. The number of nitrogens with one attached hydrogen (secondary N) is 2. The number of benzene rings is 3. The molecular formula is C20H17ClN2O3S. The lowest BCUT2D eigenvalue weighted by Crippen LogP contribution is -2.16. The van der Waals surface area contributed by atoms with Gasteiger partial charge in [0.2, 0.25) is 0 Å². The number of para-hydroxylation sites is 1. The maximum absolute atomic E-state index is 12.6. The first-order valence-corrected chi connectivity index (χ1v) is 9.97. The second-order valence-corrected chi connectivity index (χ2v) is 7.97. The monoisotopic (exact) mass is 400 g/mol. The summed E-state index contributed by atoms with van der Waals surface area (Å²) in [7, 11) is -3.76. The maximum Gasteiger partial charge on any atom is 0.261 e. The molecule has 0 bridgehead atoms. The van der Waals surface area contributed by atoms with E-state index >= 15 is 0 Å². The highest BCUT2D eigenvalue weighted by atomic mass is 35.5. The van der Waals surface area contributed by atoms with Gasteiger partial charge < -0.3 is 5.32 Å². The van der Waals surface area contributed by atoms with Crippen LogP contribution in [0.4, 0.5) is 11.4 Å². The number of halogens is 1. The molecule has 0 saturated carbocycles. The molecule has 138 valence electrons. The van der Waals surface area contributed by atoms with Gasteiger partial charge in [0.15, 0.2) is 0 Å². The average Bonchev–Trinajstić information content (AvgIpc) is 2.65. The number of rotatable bonds is 5. The van der Waals surface area contributed by atoms with E-state index in [1.54, 1.807) is 24.3 Å². The first-order chi connectivity index (χ1) is 12.9. The van der Waals surface area contributed by atoms with Crippen molar-refractivity contribution in [1.82, 2.24) is 0 Å². The lowest BCUT2D eigenvalue weighted by molar-refractivity contribution is 0.102. The Morgan fingerprint density at radius 3 is 2.30 bits per heavy atom. The van der Waals surface area contributed by atoms with E-state index in [4.69, 9.17) is 11.6 Å². The third kappa shape index (κ3) is 4.48. The Hall–Kier alpha value is -2.83. The van der Waals surface area contributed by atoms with E-state index in [0.717, 1.165) is 5.56 Å². The Bertz CT molecular complexity index is 1080. The molecule has 0 heterocycles. The molecule has 1 amide bonds. The van der Waals surface area contributed by atoms with Gasteiger partial charge in [-0.1, -0.05) is 48.0 Å². The topological polar surface area (TPSA) is 75.3 Å². The summed E-state index contributed by atoms with van der Waals surface area (Å²) in [6, 6.07) is 19.7. The number of amides is 1. The van der Waals surface area contributed by atoms with Crippen LogP contribution in [0, 0.1) is 6.92 Å². The predicted octanol–water partition coefficient (Wildman–Crippen LogP) is 4.70. The lowest BCUT2D eigenvalue weighted by atomic mass is 10.1. The zero-order valence-corrected chi connectivity index (χ0v) is 16.0. The Morgan fingerprint density at radius 1 is 0.926 bits per heavy atom. The van der Waals surface area contributed by atoms with Crippen molar-refractivity contribution in [2.24, 2.45) is 0 Å². The number of anilines is 2. The number of aryl methyl sites for hydroxylation is 1. The van der Waals surface area contributed by atoms with Crippen LogP contribution in [0.1, 0.15) is 15.9 Å². The number of carbonyl (C=O) groups excluding carboxylic acids is 1. The molecule has 0 atom stereocenters. The molecule has 0 radical (unpaired) electrons. The molecule has 0 unspecified atom stereocenters. The molecule has 27 heavy (non-hydrogen) atoms. The normalized spacial score (nSPS) is 11.0. The summed E-state index contributed by atoms with van der Waals surface area (Å²) < 4.78 is 27.4. The van der Waals surface area contributed by atoms with Crippen LogP contribution in [0.2, 0.25) is 5.02 Å². The second-order valence-electron chi connectivity index (χ2n) is 5.88. The molecular weight excluding hydrogens is 384 g/mol. The van der Waals surface area contributed by atoms with E-state index in [0.29, 0.717) is 5.69 Å². The fourth-order valence-electron chi connectivity index (χ4n) is 2.48. The Labute approximate surface area is 163 Å². The third-order valence-corrected chi connectivity index (χ3v) is 5.64. The van der Waals surface area contributed by atoms with Crippen molar-refractivity contribution < 1.29 is 13.2 Å². The van der Waals surface area contributed by atoms with Crippen LogP contribution in [0.5, 0.6) is 0 Å². The lowest BCUT2D eigenvalue weighted by Gasteiger charge is -2.12. The molecule has 5 nitrogen and oxygen atoms in total. The van der Waals surface area contributed by atoms with E-state index in [9.17, 15) is 13.2 Å². The molecule has 0 fully saturated rings. The van der Waals surface area contributed by atoms with Crippen LogP contribution < -0.4 is 10.0 Å². The maximum atomic E-state index is 12.6. The molecule has 3 rings (SSSR count). The van der Waals surface area contributed by atoms with Crippen molar-refractivity contribution in [2.45, 2.75) is 11.8 Å². The van der Waals surface area contributed by atoms with Crippen LogP contribution in [0.25, 0.3) is 0 Å². The highest BCUT2D eigenvalue weighted by Gasteiger charge is 2.17. The first-order valence-electron chi connectivity index (χ1n) is 8.11. The van der Waals surface area contributed by atoms with Gasteiger partial charge in [-0.15, -0.1) is 0 Å². The van der Waals surface area contributed by atoms with Gasteiger partial charge in [-0.3, -0.25) is 9.52 Å². The van der Waals surface area contributed by atoms with E-state index in [2.05, 4.69) is 10.0 Å². The van der Waals surface area contributed by atoms with Gasteiger partial charge in [0.25, 0.3) is 15.9 Å². The molecule has 0 aliphatic rings. The molecule has 0 aliphatic carbocycles. The predicted molar refractivity (Wildman–Crippen MR) is 108 cm³/mol. The van der Waals surface area contributed by atoms with Crippen LogP contribution in [0.15, 0.2) is 77.7 Å². The zero-order valence-electron chi connectivity index (χ0n) is 14.4. The SMILES string of the molecule is Cc1ccccc1NC(=O)c1cc(NS(=O)(=O)c2ccccc2)ccc1Cl. The summed E-state index contributed by atoms with van der Waals surface area (Å²) in [6.07, 6.45) is 0. The molecule has 7 heteroatoms. The third-order valence-electron chi connectivity index (χ3n) is 3.91. The van der Waals surface area contributed by atoms with Crippen molar-refractivity contribution in [3.63, 3.8) is 0 Å². The van der Waals surface area contributed by atoms with E-state index in [-0.39, 0.29) is 21.2 Å². The molecule has 3 aromatic carbocycles. The minimum Gasteiger partial charge on any atom is -0.322 e.